The van der Waals surface area contributed by atoms with E-state index in [1.807, 2.05) is 11.8 Å². The number of fused-ring (bicyclic) bond motifs is 3. The first-order valence-corrected chi connectivity index (χ1v) is 10.7. The third kappa shape index (κ3) is 3.66. The number of rotatable bonds is 4. The van der Waals surface area contributed by atoms with E-state index in [4.69, 9.17) is 10.5 Å². The Balaban J connectivity index is 1.76. The van der Waals surface area contributed by atoms with E-state index in [2.05, 4.69) is 31.5 Å². The number of aromatic amines is 1. The van der Waals surface area contributed by atoms with Crippen molar-refractivity contribution >= 4 is 33.8 Å². The first kappa shape index (κ1) is 21.2. The minimum absolute atomic E-state index is 0.0304. The summed E-state index contributed by atoms with van der Waals surface area (Å²) >= 11 is 0. The summed E-state index contributed by atoms with van der Waals surface area (Å²) < 4.78 is 35.4. The lowest BCUT2D eigenvalue weighted by atomic mass is 9.98. The second kappa shape index (κ2) is 8.04. The standard InChI is InChI=1S/C23H23F2N7O/c1-4-13-8-16(24)19(25)17-18-21(29-20(13)17)30-23(33-15-9-27-12(3)28-10-15)31-22(18)32-6-5-14(26)7-11(32)2/h4,8-11,14H,1,5-7,26H2,2-3H3,(H,29,30,31)/t11-,14?/m1/s1. The van der Waals surface area contributed by atoms with Crippen LogP contribution in [-0.2, 0) is 0 Å². The number of hydrogen-bond acceptors (Lipinski definition) is 7. The highest BCUT2D eigenvalue weighted by molar-refractivity contribution is 6.13. The van der Waals surface area contributed by atoms with E-state index < -0.39 is 11.6 Å². The fourth-order valence-corrected chi connectivity index (χ4v) is 4.36. The topological polar surface area (TPSA) is 106 Å². The van der Waals surface area contributed by atoms with Gasteiger partial charge in [-0.3, -0.25) is 0 Å². The van der Waals surface area contributed by atoms with Crippen LogP contribution in [-0.4, -0.2) is 43.5 Å². The Morgan fingerprint density at radius 1 is 1.24 bits per heavy atom. The maximum atomic E-state index is 15.1. The van der Waals surface area contributed by atoms with Gasteiger partial charge in [-0.1, -0.05) is 12.7 Å². The molecule has 10 heteroatoms. The van der Waals surface area contributed by atoms with Gasteiger partial charge in [0.2, 0.25) is 0 Å². The molecule has 1 saturated heterocycles. The van der Waals surface area contributed by atoms with Crippen LogP contribution in [0.15, 0.2) is 25.0 Å². The summed E-state index contributed by atoms with van der Waals surface area (Å²) in [7, 11) is 0. The second-order valence-corrected chi connectivity index (χ2v) is 8.29. The summed E-state index contributed by atoms with van der Waals surface area (Å²) in [6, 6.07) is 1.25. The Labute approximate surface area is 188 Å². The van der Waals surface area contributed by atoms with E-state index in [1.54, 1.807) is 6.92 Å². The quantitative estimate of drug-likeness (QED) is 0.478. The Kier molecular flexibility index (Phi) is 5.16. The van der Waals surface area contributed by atoms with E-state index in [0.717, 1.165) is 18.9 Å². The van der Waals surface area contributed by atoms with Gasteiger partial charge in [-0.15, -0.1) is 0 Å². The van der Waals surface area contributed by atoms with Crippen molar-refractivity contribution in [2.75, 3.05) is 11.4 Å². The molecule has 33 heavy (non-hydrogen) atoms. The molecule has 1 aliphatic rings. The summed E-state index contributed by atoms with van der Waals surface area (Å²) in [4.78, 5) is 22.5. The number of H-pyrrole nitrogens is 1. The number of benzene rings is 1. The summed E-state index contributed by atoms with van der Waals surface area (Å²) in [5, 5.41) is 0.474. The third-order valence-electron chi connectivity index (χ3n) is 5.99. The van der Waals surface area contributed by atoms with Crippen molar-refractivity contribution in [3.05, 3.63) is 48.1 Å². The maximum Gasteiger partial charge on any atom is 0.326 e. The predicted molar refractivity (Wildman–Crippen MR) is 122 cm³/mol. The van der Waals surface area contributed by atoms with E-state index in [1.165, 1.54) is 18.5 Å². The van der Waals surface area contributed by atoms with Crippen molar-refractivity contribution in [2.45, 2.75) is 38.8 Å². The van der Waals surface area contributed by atoms with Gasteiger partial charge in [-0.2, -0.15) is 9.97 Å². The zero-order chi connectivity index (χ0) is 23.3. The van der Waals surface area contributed by atoms with Crippen LogP contribution in [0, 0.1) is 18.6 Å². The molecule has 3 aromatic heterocycles. The Hall–Kier alpha value is -3.66. The van der Waals surface area contributed by atoms with Crippen LogP contribution in [0.1, 0.15) is 31.2 Å². The van der Waals surface area contributed by atoms with Crippen LogP contribution in [0.2, 0.25) is 0 Å². The molecule has 1 aromatic carbocycles. The summed E-state index contributed by atoms with van der Waals surface area (Å²) in [6.07, 6.45) is 6.00. The van der Waals surface area contributed by atoms with Crippen molar-refractivity contribution < 1.29 is 13.5 Å². The number of aryl methyl sites for hydroxylation is 1. The molecule has 1 fully saturated rings. The van der Waals surface area contributed by atoms with Crippen LogP contribution >= 0.6 is 0 Å². The number of piperidine rings is 1. The van der Waals surface area contributed by atoms with Crippen molar-refractivity contribution in [1.82, 2.24) is 24.9 Å². The molecular weight excluding hydrogens is 428 g/mol. The van der Waals surface area contributed by atoms with Crippen molar-refractivity contribution in [2.24, 2.45) is 5.73 Å². The predicted octanol–water partition coefficient (Wildman–Crippen LogP) is 4.24. The Bertz CT molecular complexity index is 1370. The highest BCUT2D eigenvalue weighted by Crippen LogP contribution is 2.39. The maximum absolute atomic E-state index is 15.1. The van der Waals surface area contributed by atoms with Crippen molar-refractivity contribution in [3.8, 4) is 11.8 Å². The molecule has 8 nitrogen and oxygen atoms in total. The van der Waals surface area contributed by atoms with Crippen molar-refractivity contribution in [1.29, 1.82) is 0 Å². The van der Waals surface area contributed by atoms with E-state index >= 15 is 4.39 Å². The van der Waals surface area contributed by atoms with Crippen LogP contribution in [0.4, 0.5) is 14.6 Å². The first-order chi connectivity index (χ1) is 15.9. The SMILES string of the molecule is C=Cc1cc(F)c(F)c2c1[nH]c1nc(Oc3cnc(C)nc3)nc(N3CCC(N)C[C@H]3C)c12. The number of halogens is 2. The molecular formula is C23H23F2N7O. The molecule has 0 amide bonds. The molecule has 4 aromatic rings. The minimum Gasteiger partial charge on any atom is -0.421 e. The minimum atomic E-state index is -0.964. The fourth-order valence-electron chi connectivity index (χ4n) is 4.36. The Morgan fingerprint density at radius 3 is 2.70 bits per heavy atom. The molecule has 2 atom stereocenters. The lowest BCUT2D eigenvalue weighted by Gasteiger charge is -2.37. The van der Waals surface area contributed by atoms with Crippen LogP contribution in [0.5, 0.6) is 11.8 Å². The van der Waals surface area contributed by atoms with Gasteiger partial charge in [0.1, 0.15) is 17.3 Å². The lowest BCUT2D eigenvalue weighted by Crippen LogP contribution is -2.46. The number of nitrogens with one attached hydrogen (secondary N) is 1. The average molecular weight is 451 g/mol. The summed E-state index contributed by atoms with van der Waals surface area (Å²) in [6.45, 7) is 8.13. The van der Waals surface area contributed by atoms with Gasteiger partial charge < -0.3 is 20.4 Å². The molecule has 0 bridgehead atoms. The highest BCUT2D eigenvalue weighted by atomic mass is 19.2. The molecule has 170 valence electrons. The van der Waals surface area contributed by atoms with Gasteiger partial charge in [0.15, 0.2) is 17.4 Å². The monoisotopic (exact) mass is 451 g/mol. The number of nitrogens with zero attached hydrogens (tertiary/aromatic N) is 5. The summed E-state index contributed by atoms with van der Waals surface area (Å²) in [5.41, 5.74) is 7.30. The molecule has 0 aliphatic carbocycles. The lowest BCUT2D eigenvalue weighted by molar-refractivity contribution is 0.418. The molecule has 4 heterocycles. The van der Waals surface area contributed by atoms with Gasteiger partial charge in [-0.25, -0.2) is 18.7 Å². The second-order valence-electron chi connectivity index (χ2n) is 8.29. The fraction of sp³-hybridized carbons (Fsp3) is 0.304. The van der Waals surface area contributed by atoms with E-state index in [9.17, 15) is 4.39 Å². The number of anilines is 1. The van der Waals surface area contributed by atoms with Crippen LogP contribution in [0.25, 0.3) is 28.0 Å². The third-order valence-corrected chi connectivity index (χ3v) is 5.99. The largest absolute Gasteiger partial charge is 0.421 e. The van der Waals surface area contributed by atoms with Crippen molar-refractivity contribution in [3.63, 3.8) is 0 Å². The molecule has 0 saturated carbocycles. The molecule has 3 N–H and O–H groups in total. The summed E-state index contributed by atoms with van der Waals surface area (Å²) in [5.74, 6) is -0.514. The normalized spacial score (nSPS) is 18.8. The van der Waals surface area contributed by atoms with E-state index in [-0.39, 0.29) is 23.5 Å². The molecule has 1 unspecified atom stereocenters. The van der Waals surface area contributed by atoms with Gasteiger partial charge in [-0.05, 0) is 32.8 Å². The van der Waals surface area contributed by atoms with E-state index in [0.29, 0.717) is 46.1 Å². The zero-order valence-electron chi connectivity index (χ0n) is 18.3. The Morgan fingerprint density at radius 2 is 2.00 bits per heavy atom. The van der Waals surface area contributed by atoms with Gasteiger partial charge in [0.05, 0.1) is 28.7 Å². The number of aromatic nitrogens is 5. The zero-order valence-corrected chi connectivity index (χ0v) is 18.3. The van der Waals surface area contributed by atoms with Crippen LogP contribution in [0.3, 0.4) is 0 Å². The van der Waals surface area contributed by atoms with Crippen LogP contribution < -0.4 is 15.4 Å². The highest BCUT2D eigenvalue weighted by Gasteiger charge is 2.29. The number of ether oxygens (including phenoxy) is 1. The number of hydrogen-bond donors (Lipinski definition) is 2. The van der Waals surface area contributed by atoms with Gasteiger partial charge >= 0.3 is 6.01 Å². The molecule has 1 aliphatic heterocycles. The van der Waals surface area contributed by atoms with Gasteiger partial charge in [0.25, 0.3) is 0 Å². The molecule has 5 rings (SSSR count). The molecule has 0 radical (unpaired) electrons. The average Bonchev–Trinajstić information content (AvgIpc) is 3.17. The first-order valence-electron chi connectivity index (χ1n) is 10.7. The molecule has 0 spiro atoms. The number of nitrogens with two attached hydrogens (primary N) is 1. The smallest absolute Gasteiger partial charge is 0.326 e. The van der Waals surface area contributed by atoms with Gasteiger partial charge in [0, 0.05) is 24.2 Å².